The molecule has 58 heavy (non-hydrogen) atoms. The fourth-order valence-corrected chi connectivity index (χ4v) is 6.59. The Kier molecular flexibility index (Phi) is 20.1. The van der Waals surface area contributed by atoms with Gasteiger partial charge < -0.3 is 14.8 Å². The summed E-state index contributed by atoms with van der Waals surface area (Å²) in [7, 11) is 1.21. The summed E-state index contributed by atoms with van der Waals surface area (Å²) in [6, 6.07) is 17.6. The van der Waals surface area contributed by atoms with Crippen LogP contribution in [-0.2, 0) is 22.4 Å². The van der Waals surface area contributed by atoms with Gasteiger partial charge in [0.25, 0.3) is 28.3 Å². The van der Waals surface area contributed by atoms with E-state index >= 15 is 0 Å². The largest absolute Gasteiger partial charge is 0.465 e. The number of nitrogens with one attached hydrogen (secondary N) is 1. The van der Waals surface area contributed by atoms with E-state index in [1.54, 1.807) is 19.1 Å². The molecule has 1 heterocycles. The summed E-state index contributed by atoms with van der Waals surface area (Å²) in [4.78, 5) is 68.5. The molecule has 0 aliphatic carbocycles. The highest BCUT2D eigenvalue weighted by molar-refractivity contribution is 9.08. The number of aromatic amines is 1. The Morgan fingerprint density at radius 1 is 0.724 bits per heavy atom. The Hall–Kier alpha value is -5.22. The summed E-state index contributed by atoms with van der Waals surface area (Å²) >= 11 is 27.5. The van der Waals surface area contributed by atoms with E-state index in [2.05, 4.69) is 30.6 Å². The van der Waals surface area contributed by atoms with E-state index in [1.807, 2.05) is 0 Å². The number of nitrogens with zero attached hydrogens (tertiary/aromatic N) is 5. The van der Waals surface area contributed by atoms with Crippen LogP contribution < -0.4 is 5.56 Å². The maximum absolute atomic E-state index is 11.3. The van der Waals surface area contributed by atoms with Gasteiger partial charge >= 0.3 is 5.97 Å². The molecule has 4 aromatic carbocycles. The van der Waals surface area contributed by atoms with Crippen LogP contribution >= 0.6 is 74.1 Å². The van der Waals surface area contributed by atoms with Crippen molar-refractivity contribution in [2.45, 2.75) is 29.8 Å². The molecule has 0 amide bonds. The van der Waals surface area contributed by atoms with Crippen LogP contribution in [0.1, 0.15) is 32.7 Å². The number of aliphatic hydroxyl groups is 1. The zero-order valence-corrected chi connectivity index (χ0v) is 35.0. The number of aromatic nitrogens is 2. The quantitative estimate of drug-likeness (QED) is 0.0329. The first kappa shape index (κ1) is 48.9. The molecule has 0 saturated carbocycles. The Morgan fingerprint density at radius 2 is 1.14 bits per heavy atom. The van der Waals surface area contributed by atoms with Gasteiger partial charge in [-0.05, 0) is 47.9 Å². The van der Waals surface area contributed by atoms with Gasteiger partial charge in [0.15, 0.2) is 5.16 Å². The average Bonchev–Trinajstić information content (AvgIpc) is 3.17. The molecule has 18 nitrogen and oxygen atoms in total. The van der Waals surface area contributed by atoms with Crippen molar-refractivity contribution in [1.29, 1.82) is 0 Å². The van der Waals surface area contributed by atoms with Crippen molar-refractivity contribution in [2.24, 2.45) is 0 Å². The third-order valence-electron chi connectivity index (χ3n) is 6.84. The van der Waals surface area contributed by atoms with E-state index in [9.17, 15) is 50.0 Å². The van der Waals surface area contributed by atoms with Crippen molar-refractivity contribution in [3.63, 3.8) is 0 Å². The minimum absolute atomic E-state index is 0.00560. The van der Waals surface area contributed by atoms with Crippen molar-refractivity contribution < 1.29 is 34.3 Å². The number of nitro benzene ring substituents is 4. The topological polar surface area (TPSA) is 265 Å². The van der Waals surface area contributed by atoms with E-state index < -0.39 is 25.7 Å². The lowest BCUT2D eigenvalue weighted by Gasteiger charge is -2.04. The predicted molar refractivity (Wildman–Crippen MR) is 221 cm³/mol. The number of benzene rings is 4. The molecule has 0 fully saturated rings. The number of ether oxygens (including phenoxy) is 1. The fourth-order valence-electron chi connectivity index (χ4n) is 3.96. The maximum Gasteiger partial charge on any atom is 0.339 e. The van der Waals surface area contributed by atoms with Crippen LogP contribution in [0.25, 0.3) is 0 Å². The first-order valence-corrected chi connectivity index (χ1v) is 19.1. The molecule has 0 aliphatic rings. The van der Waals surface area contributed by atoms with Gasteiger partial charge in [0.05, 0.1) is 59.1 Å². The van der Waals surface area contributed by atoms with Gasteiger partial charge in [0, 0.05) is 71.4 Å². The Bertz CT molecular complexity index is 2310. The number of H-pyrrole nitrogens is 1. The third-order valence-corrected chi connectivity index (χ3v) is 9.73. The van der Waals surface area contributed by atoms with Crippen LogP contribution in [0.4, 0.5) is 22.7 Å². The number of hydrogen-bond acceptors (Lipinski definition) is 14. The van der Waals surface area contributed by atoms with Crippen molar-refractivity contribution in [3.05, 3.63) is 178 Å². The highest BCUT2D eigenvalue weighted by Gasteiger charge is 2.15. The van der Waals surface area contributed by atoms with Crippen molar-refractivity contribution in [2.75, 3.05) is 7.11 Å². The van der Waals surface area contributed by atoms with Gasteiger partial charge in [-0.25, -0.2) is 9.78 Å². The predicted octanol–water partition coefficient (Wildman–Crippen LogP) is 9.85. The van der Waals surface area contributed by atoms with E-state index in [4.69, 9.17) is 51.5 Å². The number of carbonyl (C=O) groups excluding carboxylic acids is 1. The highest BCUT2D eigenvalue weighted by atomic mass is 79.9. The second kappa shape index (κ2) is 23.9. The standard InChI is InChI=1S/C12H10ClN3O3S.C8H6ClNO4.C7H5BrClNO2.C7H6ClNO3/c1-7-4-11(17)15-12(14-7)20-6-8-2-3-9(16(18)19)5-10(8)13;1-14-8(11)6-3-2-5(10(12)13)4-7(6)9;8-4-5-1-2-6(10(11)12)3-7(5)9;8-7-3-6(9(11)12)2-1-5(7)4-10/h2-5H,6H2,1H3,(H,14,15,17);2-4H,1H3;1-3H,4H2;1-3,10H,4H2. The lowest BCUT2D eigenvalue weighted by molar-refractivity contribution is -0.385. The summed E-state index contributed by atoms with van der Waals surface area (Å²) in [5, 5.41) is 52.2. The third kappa shape index (κ3) is 15.6. The molecule has 0 spiro atoms. The number of carbonyl (C=O) groups is 1. The molecule has 0 radical (unpaired) electrons. The van der Waals surface area contributed by atoms with E-state index in [0.717, 1.165) is 17.2 Å². The lowest BCUT2D eigenvalue weighted by Crippen LogP contribution is -2.08. The molecule has 5 aromatic rings. The van der Waals surface area contributed by atoms with Gasteiger partial charge in [0.1, 0.15) is 0 Å². The molecule has 0 atom stereocenters. The second-order valence-corrected chi connectivity index (χ2v) is 13.9. The van der Waals surface area contributed by atoms with E-state index in [-0.39, 0.29) is 50.5 Å². The maximum atomic E-state index is 11.3. The number of halogens is 5. The number of aliphatic hydroxyl groups excluding tert-OH is 1. The summed E-state index contributed by atoms with van der Waals surface area (Å²) in [5.41, 5.74) is 2.34. The molecule has 0 aliphatic heterocycles. The summed E-state index contributed by atoms with van der Waals surface area (Å²) in [5.74, 6) is -0.159. The molecule has 0 unspecified atom stereocenters. The van der Waals surface area contributed by atoms with Crippen LogP contribution in [0, 0.1) is 47.4 Å². The minimum atomic E-state index is -0.620. The number of non-ortho nitro benzene ring substituents is 4. The summed E-state index contributed by atoms with van der Waals surface area (Å²) in [6.45, 7) is 1.52. The molecular formula is C34H27BrCl4N6O12S. The number of thioether (sulfide) groups is 1. The molecule has 0 saturated heterocycles. The zero-order chi connectivity index (χ0) is 43.7. The number of hydrogen-bond donors (Lipinski definition) is 2. The smallest absolute Gasteiger partial charge is 0.339 e. The normalized spacial score (nSPS) is 10.0. The Balaban J connectivity index is 0.000000274. The lowest BCUT2D eigenvalue weighted by atomic mass is 10.2. The number of rotatable bonds is 10. The number of alkyl halides is 1. The Morgan fingerprint density at radius 3 is 1.50 bits per heavy atom. The van der Waals surface area contributed by atoms with Crippen molar-refractivity contribution in [3.8, 4) is 0 Å². The van der Waals surface area contributed by atoms with Crippen LogP contribution in [0.3, 0.4) is 0 Å². The van der Waals surface area contributed by atoms with Gasteiger partial charge in [-0.2, -0.15) is 0 Å². The van der Waals surface area contributed by atoms with Crippen LogP contribution in [-0.4, -0.2) is 47.8 Å². The first-order chi connectivity index (χ1) is 27.3. The SMILES string of the molecule is COC(=O)c1ccc([N+](=O)[O-])cc1Cl.Cc1cc(=O)[nH]c(SCc2ccc([N+](=O)[O-])cc2Cl)n1.O=[N+]([O-])c1ccc(CBr)c(Cl)c1.O=[N+]([O-])c1ccc(CO)c(Cl)c1. The molecule has 306 valence electrons. The average molecular weight is 965 g/mol. The molecule has 1 aromatic heterocycles. The van der Waals surface area contributed by atoms with Crippen molar-refractivity contribution in [1.82, 2.24) is 9.97 Å². The highest BCUT2D eigenvalue weighted by Crippen LogP contribution is 2.28. The molecule has 5 rings (SSSR count). The molecule has 0 bridgehead atoms. The van der Waals surface area contributed by atoms with Gasteiger partial charge in [-0.3, -0.25) is 45.3 Å². The monoisotopic (exact) mass is 962 g/mol. The number of esters is 1. The summed E-state index contributed by atoms with van der Waals surface area (Å²) < 4.78 is 4.42. The molecule has 2 N–H and O–H groups in total. The van der Waals surface area contributed by atoms with Crippen molar-refractivity contribution >= 4 is 103 Å². The van der Waals surface area contributed by atoms with E-state index in [1.165, 1.54) is 79.5 Å². The summed E-state index contributed by atoms with van der Waals surface area (Å²) in [6.07, 6.45) is 0. The molecule has 24 heteroatoms. The molecular weight excluding hydrogens is 938 g/mol. The van der Waals surface area contributed by atoms with Crippen LogP contribution in [0.2, 0.25) is 20.1 Å². The zero-order valence-electron chi connectivity index (χ0n) is 29.6. The number of methoxy groups -OCH3 is 1. The fraction of sp³-hybridized carbons (Fsp3) is 0.147. The van der Waals surface area contributed by atoms with Crippen LogP contribution in [0.5, 0.6) is 0 Å². The van der Waals surface area contributed by atoms with E-state index in [0.29, 0.717) is 37.5 Å². The first-order valence-electron chi connectivity index (χ1n) is 15.5. The van der Waals surface area contributed by atoms with Gasteiger partial charge in [-0.1, -0.05) is 74.1 Å². The number of aryl methyl sites for hydroxylation is 1. The minimum Gasteiger partial charge on any atom is -0.465 e. The van der Waals surface area contributed by atoms with Gasteiger partial charge in [-0.15, -0.1) is 0 Å². The Labute approximate surface area is 359 Å². The van der Waals surface area contributed by atoms with Crippen LogP contribution in [0.15, 0.2) is 88.8 Å². The second-order valence-electron chi connectivity index (χ2n) is 10.8. The number of nitro groups is 4. The van der Waals surface area contributed by atoms with Gasteiger partial charge in [0.2, 0.25) is 0 Å².